The molecule has 0 aromatic rings. The van der Waals surface area contributed by atoms with Crippen LogP contribution in [0.5, 0.6) is 0 Å². The van der Waals surface area contributed by atoms with Crippen molar-refractivity contribution in [3.8, 4) is 0 Å². The van der Waals surface area contributed by atoms with Crippen LogP contribution in [0, 0.1) is 0 Å². The summed E-state index contributed by atoms with van der Waals surface area (Å²) in [5.41, 5.74) is 1.17. The summed E-state index contributed by atoms with van der Waals surface area (Å²) >= 11 is 0. The van der Waals surface area contributed by atoms with Crippen LogP contribution in [-0.4, -0.2) is 12.7 Å². The van der Waals surface area contributed by atoms with Gasteiger partial charge in [-0.2, -0.15) is 0 Å². The quantitative estimate of drug-likeness (QED) is 0.469. The second kappa shape index (κ2) is 2.31. The predicted molar refractivity (Wildman–Crippen MR) is 33.8 cm³/mol. The Hall–Kier alpha value is -0.300. The first-order chi connectivity index (χ1) is 3.80. The van der Waals surface area contributed by atoms with E-state index in [-0.39, 0.29) is 0 Å². The van der Waals surface area contributed by atoms with Crippen LogP contribution in [0.1, 0.15) is 19.8 Å². The Morgan fingerprint density at radius 1 is 1.75 bits per heavy atom. The van der Waals surface area contributed by atoms with Gasteiger partial charge in [0.05, 0.1) is 6.10 Å². The third-order valence-electron chi connectivity index (χ3n) is 1.48. The second-order valence-corrected chi connectivity index (χ2v) is 2.35. The lowest BCUT2D eigenvalue weighted by atomic mass is 10.1. The Balaban J connectivity index is 2.35. The maximum Gasteiger partial charge on any atom is 0.0780 e. The normalized spacial score (nSPS) is 28.4. The van der Waals surface area contributed by atoms with Gasteiger partial charge in [-0.15, -0.1) is 0 Å². The van der Waals surface area contributed by atoms with Gasteiger partial charge in [-0.05, 0) is 19.8 Å². The molecule has 1 heteroatoms. The van der Waals surface area contributed by atoms with Crippen LogP contribution in [0.25, 0.3) is 0 Å². The van der Waals surface area contributed by atoms with Gasteiger partial charge in [-0.1, -0.05) is 12.2 Å². The molecule has 1 heterocycles. The maximum absolute atomic E-state index is 5.31. The highest BCUT2D eigenvalue weighted by atomic mass is 16.5. The topological polar surface area (TPSA) is 9.23 Å². The summed E-state index contributed by atoms with van der Waals surface area (Å²) in [6.07, 6.45) is 2.75. The van der Waals surface area contributed by atoms with E-state index in [1.807, 2.05) is 6.92 Å². The Morgan fingerprint density at radius 3 is 2.75 bits per heavy atom. The maximum atomic E-state index is 5.31. The third kappa shape index (κ3) is 1.10. The smallest absolute Gasteiger partial charge is 0.0780 e. The Labute approximate surface area is 50.3 Å². The first kappa shape index (κ1) is 5.83. The predicted octanol–water partition coefficient (Wildman–Crippen LogP) is 1.74. The molecule has 1 atom stereocenters. The fourth-order valence-electron chi connectivity index (χ4n) is 0.966. The number of hydrogen-bond acceptors (Lipinski definition) is 1. The SMILES string of the molecule is C=C(C)[C@@H]1CCCO1. The lowest BCUT2D eigenvalue weighted by molar-refractivity contribution is 0.137. The zero-order chi connectivity index (χ0) is 5.98. The van der Waals surface area contributed by atoms with Crippen LogP contribution in [-0.2, 0) is 4.74 Å². The van der Waals surface area contributed by atoms with Crippen LogP contribution < -0.4 is 0 Å². The highest BCUT2D eigenvalue weighted by Crippen LogP contribution is 2.17. The highest BCUT2D eigenvalue weighted by Gasteiger charge is 2.14. The summed E-state index contributed by atoms with van der Waals surface area (Å²) in [5.74, 6) is 0. The van der Waals surface area contributed by atoms with E-state index >= 15 is 0 Å². The van der Waals surface area contributed by atoms with Gasteiger partial charge in [0.2, 0.25) is 0 Å². The molecule has 1 fully saturated rings. The zero-order valence-corrected chi connectivity index (χ0v) is 5.31. The van der Waals surface area contributed by atoms with Gasteiger partial charge in [0, 0.05) is 6.61 Å². The fourth-order valence-corrected chi connectivity index (χ4v) is 0.966. The summed E-state index contributed by atoms with van der Waals surface area (Å²) in [6, 6.07) is 0. The number of hydrogen-bond donors (Lipinski definition) is 0. The van der Waals surface area contributed by atoms with Crippen LogP contribution in [0.2, 0.25) is 0 Å². The van der Waals surface area contributed by atoms with Crippen molar-refractivity contribution in [3.63, 3.8) is 0 Å². The van der Waals surface area contributed by atoms with E-state index in [1.165, 1.54) is 18.4 Å². The van der Waals surface area contributed by atoms with E-state index < -0.39 is 0 Å². The molecule has 0 amide bonds. The molecule has 0 bridgehead atoms. The standard InChI is InChI=1S/C7H12O/c1-6(2)7-4-3-5-8-7/h7H,1,3-5H2,2H3/t7-/m0/s1. The van der Waals surface area contributed by atoms with E-state index in [4.69, 9.17) is 4.74 Å². The Morgan fingerprint density at radius 2 is 2.50 bits per heavy atom. The number of rotatable bonds is 1. The van der Waals surface area contributed by atoms with Crippen molar-refractivity contribution in [3.05, 3.63) is 12.2 Å². The molecular weight excluding hydrogens is 100 g/mol. The van der Waals surface area contributed by atoms with E-state index in [2.05, 4.69) is 6.58 Å². The minimum absolute atomic E-state index is 0.370. The average Bonchev–Trinajstić information content (AvgIpc) is 2.12. The summed E-state index contributed by atoms with van der Waals surface area (Å²) < 4.78 is 5.31. The third-order valence-corrected chi connectivity index (χ3v) is 1.48. The molecular formula is C7H12O. The summed E-state index contributed by atoms with van der Waals surface area (Å²) in [4.78, 5) is 0. The van der Waals surface area contributed by atoms with Gasteiger partial charge in [0.1, 0.15) is 0 Å². The van der Waals surface area contributed by atoms with E-state index in [9.17, 15) is 0 Å². The molecule has 0 aromatic heterocycles. The van der Waals surface area contributed by atoms with Crippen molar-refractivity contribution in [1.82, 2.24) is 0 Å². The van der Waals surface area contributed by atoms with Crippen molar-refractivity contribution in [2.75, 3.05) is 6.61 Å². The minimum atomic E-state index is 0.370. The van der Waals surface area contributed by atoms with Crippen molar-refractivity contribution in [2.24, 2.45) is 0 Å². The van der Waals surface area contributed by atoms with Gasteiger partial charge in [0.25, 0.3) is 0 Å². The monoisotopic (exact) mass is 112 g/mol. The van der Waals surface area contributed by atoms with Gasteiger partial charge in [0.15, 0.2) is 0 Å². The average molecular weight is 112 g/mol. The first-order valence-electron chi connectivity index (χ1n) is 3.07. The van der Waals surface area contributed by atoms with Gasteiger partial charge in [-0.3, -0.25) is 0 Å². The molecule has 1 saturated heterocycles. The fraction of sp³-hybridized carbons (Fsp3) is 0.714. The van der Waals surface area contributed by atoms with Crippen LogP contribution in [0.15, 0.2) is 12.2 Å². The summed E-state index contributed by atoms with van der Waals surface area (Å²) in [6.45, 7) is 6.76. The molecule has 0 spiro atoms. The van der Waals surface area contributed by atoms with Crippen molar-refractivity contribution in [2.45, 2.75) is 25.9 Å². The van der Waals surface area contributed by atoms with E-state index in [0.717, 1.165) is 6.61 Å². The van der Waals surface area contributed by atoms with Gasteiger partial charge < -0.3 is 4.74 Å². The van der Waals surface area contributed by atoms with Crippen molar-refractivity contribution >= 4 is 0 Å². The molecule has 1 aliphatic heterocycles. The van der Waals surface area contributed by atoms with Crippen molar-refractivity contribution in [1.29, 1.82) is 0 Å². The molecule has 46 valence electrons. The second-order valence-electron chi connectivity index (χ2n) is 2.35. The lowest BCUT2D eigenvalue weighted by Crippen LogP contribution is -2.04. The molecule has 0 aliphatic carbocycles. The van der Waals surface area contributed by atoms with Gasteiger partial charge in [-0.25, -0.2) is 0 Å². The van der Waals surface area contributed by atoms with Crippen LogP contribution >= 0.6 is 0 Å². The van der Waals surface area contributed by atoms with E-state index in [0.29, 0.717) is 6.10 Å². The lowest BCUT2D eigenvalue weighted by Gasteiger charge is -2.05. The molecule has 1 nitrogen and oxygen atoms in total. The molecule has 1 aliphatic rings. The molecule has 8 heavy (non-hydrogen) atoms. The highest BCUT2D eigenvalue weighted by molar-refractivity contribution is 4.99. The molecule has 0 radical (unpaired) electrons. The first-order valence-corrected chi connectivity index (χ1v) is 3.07. The van der Waals surface area contributed by atoms with Crippen molar-refractivity contribution < 1.29 is 4.74 Å². The summed E-state index contributed by atoms with van der Waals surface area (Å²) in [7, 11) is 0. The van der Waals surface area contributed by atoms with Crippen LogP contribution in [0.4, 0.5) is 0 Å². The molecule has 1 rings (SSSR count). The minimum Gasteiger partial charge on any atom is -0.374 e. The number of ether oxygens (including phenoxy) is 1. The van der Waals surface area contributed by atoms with Crippen LogP contribution in [0.3, 0.4) is 0 Å². The molecule has 0 saturated carbocycles. The van der Waals surface area contributed by atoms with Gasteiger partial charge >= 0.3 is 0 Å². The Bertz CT molecular complexity index is 90.6. The molecule has 0 N–H and O–H groups in total. The zero-order valence-electron chi connectivity index (χ0n) is 5.31. The molecule has 0 unspecified atom stereocenters. The summed E-state index contributed by atoms with van der Waals surface area (Å²) in [5, 5.41) is 0. The van der Waals surface area contributed by atoms with E-state index in [1.54, 1.807) is 0 Å². The largest absolute Gasteiger partial charge is 0.374 e. The molecule has 0 aromatic carbocycles. The Kier molecular flexibility index (Phi) is 1.69.